The zero-order chi connectivity index (χ0) is 18.9. The zero-order valence-corrected chi connectivity index (χ0v) is 17.0. The lowest BCUT2D eigenvalue weighted by Gasteiger charge is -2.30. The van der Waals surface area contributed by atoms with Crippen molar-refractivity contribution in [2.24, 2.45) is 5.92 Å². The van der Waals surface area contributed by atoms with Gasteiger partial charge in [0.25, 0.3) is 5.91 Å². The van der Waals surface area contributed by atoms with Crippen molar-refractivity contribution in [1.82, 2.24) is 10.2 Å². The van der Waals surface area contributed by atoms with Crippen LogP contribution in [0.15, 0.2) is 54.6 Å². The number of hydrogen-bond acceptors (Lipinski definition) is 3. The standard InChI is InChI=1S/C23H30N2OS/c1-19-6-5-14-25(16-19)17-20-9-11-22(12-10-20)23(26)24-13-15-27-18-21-7-3-2-4-8-21/h2-4,7-12,19H,5-6,13-18H2,1H3,(H,24,26)/t19-/m0/s1. The molecule has 0 aliphatic carbocycles. The largest absolute Gasteiger partial charge is 0.351 e. The number of likely N-dealkylation sites (tertiary alicyclic amines) is 1. The summed E-state index contributed by atoms with van der Waals surface area (Å²) in [6.07, 6.45) is 2.64. The molecule has 3 rings (SSSR count). The molecule has 27 heavy (non-hydrogen) atoms. The summed E-state index contributed by atoms with van der Waals surface area (Å²) >= 11 is 1.85. The lowest BCUT2D eigenvalue weighted by Crippen LogP contribution is -2.33. The Labute approximate surface area is 167 Å². The number of nitrogens with zero attached hydrogens (tertiary/aromatic N) is 1. The molecule has 144 valence electrons. The van der Waals surface area contributed by atoms with Crippen LogP contribution in [0, 0.1) is 5.92 Å². The van der Waals surface area contributed by atoms with Crippen LogP contribution in [0.25, 0.3) is 0 Å². The maximum absolute atomic E-state index is 12.3. The first-order valence-corrected chi connectivity index (χ1v) is 11.1. The first kappa shape index (κ1) is 20.0. The first-order chi connectivity index (χ1) is 13.2. The van der Waals surface area contributed by atoms with Gasteiger partial charge in [-0.05, 0) is 48.6 Å². The summed E-state index contributed by atoms with van der Waals surface area (Å²) in [5, 5.41) is 3.02. The fourth-order valence-corrected chi connectivity index (χ4v) is 4.37. The first-order valence-electron chi connectivity index (χ1n) is 9.92. The molecule has 1 N–H and O–H groups in total. The van der Waals surface area contributed by atoms with Gasteiger partial charge in [0.2, 0.25) is 0 Å². The minimum atomic E-state index is 0.0217. The molecule has 1 heterocycles. The molecule has 0 bridgehead atoms. The van der Waals surface area contributed by atoms with Crippen molar-refractivity contribution < 1.29 is 4.79 Å². The van der Waals surface area contributed by atoms with E-state index in [9.17, 15) is 4.79 Å². The van der Waals surface area contributed by atoms with Gasteiger partial charge in [-0.15, -0.1) is 0 Å². The lowest BCUT2D eigenvalue weighted by molar-refractivity contribution is 0.0956. The molecule has 4 heteroatoms. The van der Waals surface area contributed by atoms with Crippen LogP contribution in [0.1, 0.15) is 41.3 Å². The van der Waals surface area contributed by atoms with Crippen molar-refractivity contribution in [3.8, 4) is 0 Å². The third-order valence-corrected chi connectivity index (χ3v) is 6.04. The molecule has 0 spiro atoms. The summed E-state index contributed by atoms with van der Waals surface area (Å²) < 4.78 is 0. The van der Waals surface area contributed by atoms with Gasteiger partial charge in [-0.25, -0.2) is 0 Å². The van der Waals surface area contributed by atoms with E-state index >= 15 is 0 Å². The third kappa shape index (κ3) is 6.71. The number of piperidine rings is 1. The number of nitrogens with one attached hydrogen (secondary N) is 1. The average molecular weight is 383 g/mol. The van der Waals surface area contributed by atoms with Crippen LogP contribution in [0.5, 0.6) is 0 Å². The predicted octanol–water partition coefficient (Wildman–Crippen LogP) is 4.58. The highest BCUT2D eigenvalue weighted by Crippen LogP contribution is 2.18. The van der Waals surface area contributed by atoms with Crippen molar-refractivity contribution in [3.63, 3.8) is 0 Å². The van der Waals surface area contributed by atoms with Gasteiger partial charge in [0.05, 0.1) is 0 Å². The molecular weight excluding hydrogens is 352 g/mol. The lowest BCUT2D eigenvalue weighted by atomic mass is 9.99. The molecule has 0 unspecified atom stereocenters. The normalized spacial score (nSPS) is 17.6. The van der Waals surface area contributed by atoms with Gasteiger partial charge < -0.3 is 5.32 Å². The van der Waals surface area contributed by atoms with Crippen LogP contribution >= 0.6 is 11.8 Å². The van der Waals surface area contributed by atoms with E-state index in [1.54, 1.807) is 0 Å². The smallest absolute Gasteiger partial charge is 0.251 e. The Balaban J connectivity index is 1.37. The summed E-state index contributed by atoms with van der Waals surface area (Å²) in [5.74, 6) is 2.73. The second-order valence-electron chi connectivity index (χ2n) is 7.47. The number of hydrogen-bond donors (Lipinski definition) is 1. The number of benzene rings is 2. The van der Waals surface area contributed by atoms with Crippen LogP contribution in [0.3, 0.4) is 0 Å². The van der Waals surface area contributed by atoms with Crippen LogP contribution in [-0.4, -0.2) is 36.2 Å². The molecule has 2 aromatic rings. The van der Waals surface area contributed by atoms with E-state index in [0.29, 0.717) is 6.54 Å². The fourth-order valence-electron chi connectivity index (χ4n) is 3.55. The quantitative estimate of drug-likeness (QED) is 0.678. The number of amides is 1. The molecule has 2 aromatic carbocycles. The molecule has 3 nitrogen and oxygen atoms in total. The Morgan fingerprint density at radius 2 is 1.89 bits per heavy atom. The summed E-state index contributed by atoms with van der Waals surface area (Å²) in [7, 11) is 0. The topological polar surface area (TPSA) is 32.3 Å². The van der Waals surface area contributed by atoms with Gasteiger partial charge >= 0.3 is 0 Å². The molecule has 0 radical (unpaired) electrons. The maximum atomic E-state index is 12.3. The van der Waals surface area contributed by atoms with E-state index in [1.165, 1.54) is 37.1 Å². The molecule has 0 aromatic heterocycles. The van der Waals surface area contributed by atoms with Crippen molar-refractivity contribution in [3.05, 3.63) is 71.3 Å². The highest BCUT2D eigenvalue weighted by molar-refractivity contribution is 7.98. The van der Waals surface area contributed by atoms with Gasteiger partial charge in [-0.1, -0.05) is 49.4 Å². The monoisotopic (exact) mass is 382 g/mol. The molecule has 1 saturated heterocycles. The van der Waals surface area contributed by atoms with E-state index in [4.69, 9.17) is 0 Å². The summed E-state index contributed by atoms with van der Waals surface area (Å²) in [6.45, 7) is 6.39. The van der Waals surface area contributed by atoms with Gasteiger partial charge in [-0.3, -0.25) is 9.69 Å². The third-order valence-electron chi connectivity index (χ3n) is 5.01. The second-order valence-corrected chi connectivity index (χ2v) is 8.58. The average Bonchev–Trinajstić information content (AvgIpc) is 2.69. The number of thioether (sulfide) groups is 1. The Hall–Kier alpha value is -1.78. The Bertz CT molecular complexity index is 702. The van der Waals surface area contributed by atoms with Crippen molar-refractivity contribution >= 4 is 17.7 Å². The van der Waals surface area contributed by atoms with Crippen LogP contribution < -0.4 is 5.32 Å². The van der Waals surface area contributed by atoms with E-state index in [-0.39, 0.29) is 5.91 Å². The van der Waals surface area contributed by atoms with E-state index in [1.807, 2.05) is 30.0 Å². The van der Waals surface area contributed by atoms with Crippen LogP contribution in [0.2, 0.25) is 0 Å². The molecule has 1 amide bonds. The summed E-state index contributed by atoms with van der Waals surface area (Å²) in [6, 6.07) is 18.5. The van der Waals surface area contributed by atoms with Crippen LogP contribution in [0.4, 0.5) is 0 Å². The SMILES string of the molecule is C[C@H]1CCCN(Cc2ccc(C(=O)NCCSCc3ccccc3)cc2)C1. The Kier molecular flexibility index (Phi) is 7.79. The minimum Gasteiger partial charge on any atom is -0.351 e. The fraction of sp³-hybridized carbons (Fsp3) is 0.435. The van der Waals surface area contributed by atoms with E-state index in [2.05, 4.69) is 53.5 Å². The highest BCUT2D eigenvalue weighted by atomic mass is 32.2. The van der Waals surface area contributed by atoms with Gasteiger partial charge in [0.15, 0.2) is 0 Å². The molecule has 0 saturated carbocycles. The van der Waals surface area contributed by atoms with E-state index < -0.39 is 0 Å². The summed E-state index contributed by atoms with van der Waals surface area (Å²) in [5.41, 5.74) is 3.37. The summed E-state index contributed by atoms with van der Waals surface area (Å²) in [4.78, 5) is 14.8. The van der Waals surface area contributed by atoms with Gasteiger partial charge in [0.1, 0.15) is 0 Å². The number of carbonyl (C=O) groups is 1. The van der Waals surface area contributed by atoms with Crippen molar-refractivity contribution in [1.29, 1.82) is 0 Å². The number of rotatable bonds is 8. The molecule has 1 atom stereocenters. The van der Waals surface area contributed by atoms with Gasteiger partial charge in [0, 0.05) is 36.7 Å². The minimum absolute atomic E-state index is 0.0217. The molecule has 1 aliphatic heterocycles. The second kappa shape index (κ2) is 10.5. The molecular formula is C23H30N2OS. The Morgan fingerprint density at radius 1 is 1.11 bits per heavy atom. The molecule has 1 fully saturated rings. The number of carbonyl (C=O) groups excluding carboxylic acids is 1. The maximum Gasteiger partial charge on any atom is 0.251 e. The van der Waals surface area contributed by atoms with Gasteiger partial charge in [-0.2, -0.15) is 11.8 Å². The predicted molar refractivity (Wildman–Crippen MR) is 115 cm³/mol. The van der Waals surface area contributed by atoms with Crippen molar-refractivity contribution in [2.45, 2.75) is 32.1 Å². The highest BCUT2D eigenvalue weighted by Gasteiger charge is 2.16. The Morgan fingerprint density at radius 3 is 2.63 bits per heavy atom. The van der Waals surface area contributed by atoms with Crippen molar-refractivity contribution in [2.75, 3.05) is 25.4 Å². The molecule has 1 aliphatic rings. The zero-order valence-electron chi connectivity index (χ0n) is 16.2. The van der Waals surface area contributed by atoms with E-state index in [0.717, 1.165) is 29.5 Å². The van der Waals surface area contributed by atoms with Crippen LogP contribution in [-0.2, 0) is 12.3 Å².